The van der Waals surface area contributed by atoms with Gasteiger partial charge < -0.3 is 4.98 Å². The molecular weight excluding hydrogens is 238 g/mol. The largest absolute Gasteiger partial charge is 0.305 e. The lowest BCUT2D eigenvalue weighted by atomic mass is 10.2. The molecule has 2 aromatic heterocycles. The van der Waals surface area contributed by atoms with E-state index in [4.69, 9.17) is 11.6 Å². The van der Waals surface area contributed by atoms with Gasteiger partial charge in [0.2, 0.25) is 0 Å². The van der Waals surface area contributed by atoms with Crippen molar-refractivity contribution in [2.45, 2.75) is 20.3 Å². The van der Waals surface area contributed by atoms with E-state index in [0.29, 0.717) is 28.5 Å². The molecule has 0 aliphatic carbocycles. The van der Waals surface area contributed by atoms with Crippen molar-refractivity contribution in [2.24, 2.45) is 0 Å². The molecule has 0 radical (unpaired) electrons. The van der Waals surface area contributed by atoms with E-state index in [-0.39, 0.29) is 5.56 Å². The average Bonchev–Trinajstić information content (AvgIpc) is 2.33. The minimum atomic E-state index is -0.145. The van der Waals surface area contributed by atoms with E-state index < -0.39 is 0 Å². The highest BCUT2D eigenvalue weighted by Gasteiger charge is 2.10. The molecule has 2 heterocycles. The van der Waals surface area contributed by atoms with E-state index in [0.717, 1.165) is 5.69 Å². The molecule has 0 saturated carbocycles. The first kappa shape index (κ1) is 11.8. The number of nitrogens with zero attached hydrogens (tertiary/aromatic N) is 2. The summed E-state index contributed by atoms with van der Waals surface area (Å²) >= 11 is 6.02. The van der Waals surface area contributed by atoms with Crippen LogP contribution in [0.4, 0.5) is 0 Å². The molecule has 0 unspecified atom stereocenters. The fourth-order valence-electron chi connectivity index (χ4n) is 1.60. The molecule has 0 aliphatic rings. The monoisotopic (exact) mass is 249 g/mol. The number of hydrogen-bond acceptors (Lipinski definition) is 3. The molecule has 2 rings (SSSR count). The van der Waals surface area contributed by atoms with Crippen molar-refractivity contribution in [1.29, 1.82) is 0 Å². The summed E-state index contributed by atoms with van der Waals surface area (Å²) in [6.45, 7) is 3.72. The van der Waals surface area contributed by atoms with Crippen LogP contribution in [0, 0.1) is 6.92 Å². The molecule has 0 bridgehead atoms. The molecule has 88 valence electrons. The number of halogens is 1. The van der Waals surface area contributed by atoms with Crippen molar-refractivity contribution >= 4 is 11.6 Å². The molecule has 0 amide bonds. The fourth-order valence-corrected chi connectivity index (χ4v) is 1.81. The van der Waals surface area contributed by atoms with Crippen LogP contribution >= 0.6 is 11.6 Å². The van der Waals surface area contributed by atoms with Gasteiger partial charge in [-0.2, -0.15) is 0 Å². The van der Waals surface area contributed by atoms with Crippen LogP contribution in [0.1, 0.15) is 18.2 Å². The maximum Gasteiger partial charge on any atom is 0.254 e. The molecule has 1 N–H and O–H groups in total. The number of aromatic amines is 1. The summed E-state index contributed by atoms with van der Waals surface area (Å²) in [5.41, 5.74) is 1.77. The van der Waals surface area contributed by atoms with Gasteiger partial charge in [0.25, 0.3) is 5.56 Å². The van der Waals surface area contributed by atoms with Crippen LogP contribution in [-0.2, 0) is 6.42 Å². The molecule has 0 saturated heterocycles. The Morgan fingerprint density at radius 3 is 2.88 bits per heavy atom. The van der Waals surface area contributed by atoms with Crippen LogP contribution in [0.2, 0.25) is 5.02 Å². The number of H-pyrrole nitrogens is 1. The quantitative estimate of drug-likeness (QED) is 0.889. The van der Waals surface area contributed by atoms with Crippen LogP contribution in [0.15, 0.2) is 23.1 Å². The Kier molecular flexibility index (Phi) is 3.24. The first-order valence-corrected chi connectivity index (χ1v) is 5.72. The SMILES string of the molecule is CCc1nc(-c2ncccc2Cl)[nH]c(=O)c1C. The summed E-state index contributed by atoms with van der Waals surface area (Å²) in [7, 11) is 0. The predicted molar refractivity (Wildman–Crippen MR) is 67.2 cm³/mol. The van der Waals surface area contributed by atoms with Crippen LogP contribution in [0.25, 0.3) is 11.5 Å². The van der Waals surface area contributed by atoms with Gasteiger partial charge in [0.1, 0.15) is 5.69 Å². The second-order valence-corrected chi connectivity index (χ2v) is 4.08. The van der Waals surface area contributed by atoms with Crippen LogP contribution < -0.4 is 5.56 Å². The molecule has 4 nitrogen and oxygen atoms in total. The number of nitrogens with one attached hydrogen (secondary N) is 1. The van der Waals surface area contributed by atoms with Crippen molar-refractivity contribution in [3.8, 4) is 11.5 Å². The molecular formula is C12H12ClN3O. The Labute approximate surface area is 104 Å². The minimum Gasteiger partial charge on any atom is -0.305 e. The van der Waals surface area contributed by atoms with Gasteiger partial charge in [-0.05, 0) is 25.5 Å². The van der Waals surface area contributed by atoms with Crippen LogP contribution in [-0.4, -0.2) is 15.0 Å². The Morgan fingerprint density at radius 2 is 2.24 bits per heavy atom. The van der Waals surface area contributed by atoms with Crippen LogP contribution in [0.5, 0.6) is 0 Å². The summed E-state index contributed by atoms with van der Waals surface area (Å²) in [6, 6.07) is 3.45. The van der Waals surface area contributed by atoms with E-state index in [1.54, 1.807) is 25.3 Å². The first-order valence-electron chi connectivity index (χ1n) is 5.34. The zero-order valence-electron chi connectivity index (χ0n) is 9.62. The third kappa shape index (κ3) is 2.22. The molecule has 0 atom stereocenters. The molecule has 0 spiro atoms. The van der Waals surface area contributed by atoms with E-state index in [1.165, 1.54) is 0 Å². The zero-order chi connectivity index (χ0) is 12.4. The second kappa shape index (κ2) is 4.67. The van der Waals surface area contributed by atoms with Gasteiger partial charge in [-0.25, -0.2) is 4.98 Å². The zero-order valence-corrected chi connectivity index (χ0v) is 10.4. The highest BCUT2D eigenvalue weighted by atomic mass is 35.5. The molecule has 0 fully saturated rings. The fraction of sp³-hybridized carbons (Fsp3) is 0.250. The van der Waals surface area contributed by atoms with E-state index >= 15 is 0 Å². The number of aryl methyl sites for hydroxylation is 1. The van der Waals surface area contributed by atoms with E-state index in [2.05, 4.69) is 15.0 Å². The lowest BCUT2D eigenvalue weighted by Gasteiger charge is -2.06. The van der Waals surface area contributed by atoms with Gasteiger partial charge in [0, 0.05) is 11.8 Å². The summed E-state index contributed by atoms with van der Waals surface area (Å²) in [4.78, 5) is 22.9. The maximum atomic E-state index is 11.7. The Morgan fingerprint density at radius 1 is 1.47 bits per heavy atom. The Bertz CT molecular complexity index is 607. The smallest absolute Gasteiger partial charge is 0.254 e. The standard InChI is InChI=1S/C12H12ClN3O/c1-3-9-7(2)12(17)16-11(15-9)10-8(13)5-4-6-14-10/h4-6H,3H2,1-2H3,(H,15,16,17). The topological polar surface area (TPSA) is 58.6 Å². The number of rotatable bonds is 2. The summed E-state index contributed by atoms with van der Waals surface area (Å²) in [5, 5.41) is 0.474. The number of aromatic nitrogens is 3. The van der Waals surface area contributed by atoms with E-state index in [9.17, 15) is 4.79 Å². The van der Waals surface area contributed by atoms with Crippen molar-refractivity contribution in [3.05, 3.63) is 45.0 Å². The maximum absolute atomic E-state index is 11.7. The van der Waals surface area contributed by atoms with Crippen LogP contribution in [0.3, 0.4) is 0 Å². The van der Waals surface area contributed by atoms with Gasteiger partial charge in [0.15, 0.2) is 5.82 Å². The molecule has 5 heteroatoms. The molecule has 2 aromatic rings. The predicted octanol–water partition coefficient (Wildman–Crippen LogP) is 2.36. The normalized spacial score (nSPS) is 10.5. The first-order chi connectivity index (χ1) is 8.13. The van der Waals surface area contributed by atoms with Gasteiger partial charge in [-0.1, -0.05) is 18.5 Å². The van der Waals surface area contributed by atoms with Crippen molar-refractivity contribution < 1.29 is 0 Å². The van der Waals surface area contributed by atoms with E-state index in [1.807, 2.05) is 6.92 Å². The third-order valence-electron chi connectivity index (χ3n) is 2.57. The van der Waals surface area contributed by atoms with Gasteiger partial charge in [-0.15, -0.1) is 0 Å². The number of hydrogen-bond donors (Lipinski definition) is 1. The second-order valence-electron chi connectivity index (χ2n) is 3.67. The lowest BCUT2D eigenvalue weighted by Crippen LogP contribution is -2.16. The molecule has 0 aliphatic heterocycles. The summed E-state index contributed by atoms with van der Waals surface area (Å²) in [6.07, 6.45) is 2.32. The van der Waals surface area contributed by atoms with Crippen molar-refractivity contribution in [2.75, 3.05) is 0 Å². The Balaban J connectivity index is 2.66. The highest BCUT2D eigenvalue weighted by Crippen LogP contribution is 2.21. The van der Waals surface area contributed by atoms with Gasteiger partial charge in [-0.3, -0.25) is 9.78 Å². The average molecular weight is 250 g/mol. The van der Waals surface area contributed by atoms with Crippen molar-refractivity contribution in [3.63, 3.8) is 0 Å². The lowest BCUT2D eigenvalue weighted by molar-refractivity contribution is 0.949. The van der Waals surface area contributed by atoms with Crippen molar-refractivity contribution in [1.82, 2.24) is 15.0 Å². The third-order valence-corrected chi connectivity index (χ3v) is 2.87. The van der Waals surface area contributed by atoms with Gasteiger partial charge in [0.05, 0.1) is 10.7 Å². The van der Waals surface area contributed by atoms with Gasteiger partial charge >= 0.3 is 0 Å². The molecule has 0 aromatic carbocycles. The summed E-state index contributed by atoms with van der Waals surface area (Å²) < 4.78 is 0. The Hall–Kier alpha value is -1.68. The number of pyridine rings is 1. The molecule has 17 heavy (non-hydrogen) atoms. The highest BCUT2D eigenvalue weighted by molar-refractivity contribution is 6.32. The summed E-state index contributed by atoms with van der Waals surface area (Å²) in [5.74, 6) is 0.419. The minimum absolute atomic E-state index is 0.145.